The summed E-state index contributed by atoms with van der Waals surface area (Å²) in [7, 11) is -3.93. The van der Waals surface area contributed by atoms with Gasteiger partial charge in [-0.25, -0.2) is 13.1 Å². The summed E-state index contributed by atoms with van der Waals surface area (Å²) in [5.74, 6) is -1.52. The number of benzene rings is 2. The Kier molecular flexibility index (Phi) is 6.78. The van der Waals surface area contributed by atoms with Crippen LogP contribution in [-0.2, 0) is 21.2 Å². The molecule has 0 aliphatic heterocycles. The van der Waals surface area contributed by atoms with Crippen molar-refractivity contribution in [2.75, 3.05) is 5.75 Å². The van der Waals surface area contributed by atoms with Crippen molar-refractivity contribution in [1.82, 2.24) is 14.9 Å². The maximum Gasteiger partial charge on any atom is 0.320 e. The third-order valence-electron chi connectivity index (χ3n) is 5.27. The van der Waals surface area contributed by atoms with Crippen LogP contribution in [0.25, 0.3) is 21.1 Å². The number of carbonyl (C=O) groups is 1. The number of carboxylic acids is 1. The van der Waals surface area contributed by atoms with Crippen molar-refractivity contribution in [3.05, 3.63) is 53.6 Å². The molecule has 0 radical (unpaired) electrons. The lowest BCUT2D eigenvalue weighted by Gasteiger charge is -2.27. The van der Waals surface area contributed by atoms with Crippen molar-refractivity contribution < 1.29 is 23.1 Å². The van der Waals surface area contributed by atoms with E-state index in [1.165, 1.54) is 11.3 Å². The molecule has 0 fully saturated rings. The van der Waals surface area contributed by atoms with Crippen molar-refractivity contribution in [3.63, 3.8) is 0 Å². The molecule has 0 saturated heterocycles. The fraction of sp³-hybridized carbons (Fsp3) is 0.348. The highest BCUT2D eigenvalue weighted by Gasteiger charge is 2.28. The highest BCUT2D eigenvalue weighted by Crippen LogP contribution is 2.39. The molecule has 3 aromatic rings. The average molecular weight is 488 g/mol. The lowest BCUT2D eigenvalue weighted by molar-refractivity contribution is -0.134. The highest BCUT2D eigenvalue weighted by molar-refractivity contribution is 7.90. The summed E-state index contributed by atoms with van der Waals surface area (Å²) in [6.07, 6.45) is 2.29. The fourth-order valence-electron chi connectivity index (χ4n) is 3.99. The Labute approximate surface area is 196 Å². The molecular weight excluding hydrogens is 462 g/mol. The number of nitrogens with one attached hydrogen (secondary N) is 1. The van der Waals surface area contributed by atoms with Crippen LogP contribution >= 0.6 is 11.3 Å². The van der Waals surface area contributed by atoms with E-state index in [-0.39, 0.29) is 6.10 Å². The van der Waals surface area contributed by atoms with Crippen LogP contribution in [0.15, 0.2) is 42.5 Å². The minimum Gasteiger partial charge on any atom is -0.491 e. The van der Waals surface area contributed by atoms with Crippen LogP contribution < -0.4 is 9.46 Å². The molecule has 33 heavy (non-hydrogen) atoms. The van der Waals surface area contributed by atoms with Crippen LogP contribution in [0.4, 0.5) is 0 Å². The zero-order valence-corrected chi connectivity index (χ0v) is 19.9. The molecule has 1 aromatic heterocycles. The molecule has 174 valence electrons. The second-order valence-electron chi connectivity index (χ2n) is 8.19. The van der Waals surface area contributed by atoms with Crippen LogP contribution in [-0.4, -0.2) is 41.5 Å². The van der Waals surface area contributed by atoms with Crippen molar-refractivity contribution >= 4 is 27.3 Å². The van der Waals surface area contributed by atoms with Crippen LogP contribution in [0.2, 0.25) is 0 Å². The first kappa shape index (κ1) is 23.3. The van der Waals surface area contributed by atoms with Crippen molar-refractivity contribution in [2.24, 2.45) is 0 Å². The summed E-state index contributed by atoms with van der Waals surface area (Å²) >= 11 is 1.48. The maximum atomic E-state index is 12.2. The van der Waals surface area contributed by atoms with Gasteiger partial charge in [0.2, 0.25) is 10.0 Å². The minimum atomic E-state index is -3.93. The van der Waals surface area contributed by atoms with Gasteiger partial charge in [-0.1, -0.05) is 29.5 Å². The number of ether oxygens (including phenoxy) is 1. The van der Waals surface area contributed by atoms with Gasteiger partial charge < -0.3 is 9.84 Å². The Bertz CT molecular complexity index is 1250. The monoisotopic (exact) mass is 487 g/mol. The van der Waals surface area contributed by atoms with Gasteiger partial charge in [-0.3, -0.25) is 4.79 Å². The number of hydrogen-bond acceptors (Lipinski definition) is 7. The normalized spacial score (nSPS) is 15.9. The Balaban J connectivity index is 1.60. The largest absolute Gasteiger partial charge is 0.491 e. The van der Waals surface area contributed by atoms with Gasteiger partial charge in [0.15, 0.2) is 5.75 Å². The molecule has 0 bridgehead atoms. The van der Waals surface area contributed by atoms with E-state index in [1.54, 1.807) is 0 Å². The van der Waals surface area contributed by atoms with Gasteiger partial charge >= 0.3 is 5.97 Å². The molecule has 2 N–H and O–H groups in total. The van der Waals surface area contributed by atoms with Gasteiger partial charge in [-0.05, 0) is 68.5 Å². The number of rotatable bonds is 8. The van der Waals surface area contributed by atoms with E-state index in [2.05, 4.69) is 14.9 Å². The molecule has 0 amide bonds. The molecule has 1 atom stereocenters. The third kappa shape index (κ3) is 5.58. The van der Waals surface area contributed by atoms with Gasteiger partial charge in [0.25, 0.3) is 0 Å². The lowest BCUT2D eigenvalue weighted by atomic mass is 9.85. The first-order valence-corrected chi connectivity index (χ1v) is 13.1. The van der Waals surface area contributed by atoms with E-state index in [0.717, 1.165) is 50.9 Å². The molecule has 0 saturated carbocycles. The molecule has 1 aliphatic rings. The zero-order chi connectivity index (χ0) is 23.6. The van der Waals surface area contributed by atoms with Crippen molar-refractivity contribution in [2.45, 2.75) is 45.3 Å². The third-order valence-corrected chi connectivity index (χ3v) is 7.55. The molecule has 1 aliphatic carbocycles. The summed E-state index contributed by atoms with van der Waals surface area (Å²) in [6, 6.07) is 13.0. The van der Waals surface area contributed by atoms with Crippen LogP contribution in [0.5, 0.6) is 5.75 Å². The van der Waals surface area contributed by atoms with E-state index >= 15 is 0 Å². The maximum absolute atomic E-state index is 12.2. The molecule has 2 aromatic carbocycles. The number of fused-ring (bicyclic) bond motifs is 1. The molecule has 8 nitrogen and oxygen atoms in total. The molecule has 1 heterocycles. The molecule has 0 unspecified atom stereocenters. The number of nitrogens with zero attached hydrogens (tertiary/aromatic N) is 2. The first-order valence-electron chi connectivity index (χ1n) is 10.7. The van der Waals surface area contributed by atoms with Gasteiger partial charge in [0.05, 0.1) is 6.10 Å². The van der Waals surface area contributed by atoms with E-state index in [0.29, 0.717) is 6.42 Å². The molecule has 10 heteroatoms. The standard InChI is InChI=1S/C23H25N3O5S2/c1-14(2)31-16-11-9-15(10-12-16)22-24-25-23(32-22)19-7-3-6-18-17(19)5-4-8-20(18)26-33(29,30)13-21(27)28/h3,6-7,9-12,14,20,26H,4-5,8,13H2,1-2H3,(H,27,28)/t20-/m0/s1. The Morgan fingerprint density at radius 3 is 2.61 bits per heavy atom. The van der Waals surface area contributed by atoms with Gasteiger partial charge in [0.1, 0.15) is 15.8 Å². The van der Waals surface area contributed by atoms with E-state index in [1.807, 2.05) is 56.3 Å². The van der Waals surface area contributed by atoms with Crippen molar-refractivity contribution in [1.29, 1.82) is 0 Å². The molecule has 0 spiro atoms. The Morgan fingerprint density at radius 2 is 1.91 bits per heavy atom. The number of aromatic nitrogens is 2. The smallest absolute Gasteiger partial charge is 0.320 e. The van der Waals surface area contributed by atoms with Gasteiger partial charge in [-0.2, -0.15) is 0 Å². The Morgan fingerprint density at radius 1 is 1.18 bits per heavy atom. The van der Waals surface area contributed by atoms with E-state index < -0.39 is 27.8 Å². The number of sulfonamides is 1. The SMILES string of the molecule is CC(C)Oc1ccc(-c2nnc(-c3cccc4c3CCC[C@@H]4NS(=O)(=O)CC(=O)O)s2)cc1. The summed E-state index contributed by atoms with van der Waals surface area (Å²) in [4.78, 5) is 10.9. The van der Waals surface area contributed by atoms with Crippen LogP contribution in [0.1, 0.15) is 43.9 Å². The van der Waals surface area contributed by atoms with Crippen LogP contribution in [0.3, 0.4) is 0 Å². The Hall–Kier alpha value is -2.82. The van der Waals surface area contributed by atoms with E-state index in [9.17, 15) is 13.2 Å². The summed E-state index contributed by atoms with van der Waals surface area (Å²) in [5, 5.41) is 19.2. The minimum absolute atomic E-state index is 0.102. The second kappa shape index (κ2) is 9.58. The molecule has 4 rings (SSSR count). The summed E-state index contributed by atoms with van der Waals surface area (Å²) in [6.45, 7) is 3.96. The predicted octanol–water partition coefficient (Wildman–Crippen LogP) is 4.04. The predicted molar refractivity (Wildman–Crippen MR) is 127 cm³/mol. The van der Waals surface area contributed by atoms with Crippen molar-refractivity contribution in [3.8, 4) is 26.9 Å². The average Bonchev–Trinajstić information content (AvgIpc) is 3.22. The van der Waals surface area contributed by atoms with Crippen LogP contribution in [0, 0.1) is 0 Å². The molecular formula is C23H25N3O5S2. The number of carboxylic acid groups (broad SMARTS) is 1. The zero-order valence-electron chi connectivity index (χ0n) is 18.3. The first-order chi connectivity index (χ1) is 15.7. The lowest BCUT2D eigenvalue weighted by Crippen LogP contribution is -2.35. The fourth-order valence-corrected chi connectivity index (χ4v) is 5.98. The number of aliphatic carboxylic acids is 1. The van der Waals surface area contributed by atoms with E-state index in [4.69, 9.17) is 9.84 Å². The second-order valence-corrected chi connectivity index (χ2v) is 10.9. The highest BCUT2D eigenvalue weighted by atomic mass is 32.2. The summed E-state index contributed by atoms with van der Waals surface area (Å²) < 4.78 is 32.6. The topological polar surface area (TPSA) is 118 Å². The van der Waals surface area contributed by atoms with Gasteiger partial charge in [0, 0.05) is 17.2 Å². The quantitative estimate of drug-likeness (QED) is 0.492. The van der Waals surface area contributed by atoms with Gasteiger partial charge in [-0.15, -0.1) is 10.2 Å². The number of hydrogen-bond donors (Lipinski definition) is 2. The summed E-state index contributed by atoms with van der Waals surface area (Å²) in [5.41, 5.74) is 3.76.